The van der Waals surface area contributed by atoms with Crippen LogP contribution >= 0.6 is 0 Å². The Bertz CT molecular complexity index is 2060. The lowest BCUT2D eigenvalue weighted by Crippen LogP contribution is -2.28. The second-order valence-electron chi connectivity index (χ2n) is 10.2. The molecule has 0 saturated carbocycles. The van der Waals surface area contributed by atoms with Gasteiger partial charge in [-0.25, -0.2) is 43.1 Å². The van der Waals surface area contributed by atoms with Gasteiger partial charge in [0.15, 0.2) is 0 Å². The number of amides is 2. The summed E-state index contributed by atoms with van der Waals surface area (Å²) in [5.74, 6) is -1.42. The van der Waals surface area contributed by atoms with E-state index in [9.17, 15) is 43.3 Å². The summed E-state index contributed by atoms with van der Waals surface area (Å²) in [6.07, 6.45) is 0. The van der Waals surface area contributed by atoms with E-state index >= 15 is 0 Å². The molecule has 0 heterocycles. The Balaban J connectivity index is 0.000000260. The molecule has 0 bridgehead atoms. The Morgan fingerprint density at radius 2 is 0.625 bits per heavy atom. The number of carbonyl (C=O) groups is 2. The second kappa shape index (κ2) is 15.0. The van der Waals surface area contributed by atoms with Gasteiger partial charge in [-0.05, 0) is 86.6 Å². The molecule has 48 heavy (non-hydrogen) atoms. The molecule has 256 valence electrons. The van der Waals surface area contributed by atoms with Crippen molar-refractivity contribution in [2.75, 3.05) is 9.44 Å². The Kier molecular flexibility index (Phi) is 11.8. The minimum absolute atomic E-state index is 0.100. The lowest BCUT2D eigenvalue weighted by molar-refractivity contribution is -0.118. The quantitative estimate of drug-likeness (QED) is 0.186. The summed E-state index contributed by atoms with van der Waals surface area (Å²) >= 11 is 0. The van der Waals surface area contributed by atoms with Gasteiger partial charge in [-0.15, -0.1) is 0 Å². The van der Waals surface area contributed by atoms with Crippen molar-refractivity contribution < 1.29 is 43.3 Å². The monoisotopic (exact) mass is 736 g/mol. The van der Waals surface area contributed by atoms with E-state index in [0.717, 1.165) is 25.0 Å². The first-order valence-corrected chi connectivity index (χ1v) is 19.6. The lowest BCUT2D eigenvalue weighted by Gasteiger charge is -2.09. The van der Waals surface area contributed by atoms with Crippen LogP contribution < -0.4 is 18.9 Å². The zero-order valence-corrected chi connectivity index (χ0v) is 29.2. The van der Waals surface area contributed by atoms with Crippen LogP contribution in [0.4, 0.5) is 11.4 Å². The second-order valence-corrected chi connectivity index (χ2v) is 16.9. The Hall–Kier alpha value is -4.78. The average molecular weight is 737 g/mol. The van der Waals surface area contributed by atoms with Gasteiger partial charge in [-0.2, -0.15) is 0 Å². The van der Waals surface area contributed by atoms with Crippen molar-refractivity contribution in [1.29, 1.82) is 0 Å². The van der Waals surface area contributed by atoms with Gasteiger partial charge in [0.2, 0.25) is 11.8 Å². The highest BCUT2D eigenvalue weighted by molar-refractivity contribution is 7.93. The fourth-order valence-corrected chi connectivity index (χ4v) is 7.86. The van der Waals surface area contributed by atoms with Gasteiger partial charge in [0.1, 0.15) is 0 Å². The number of anilines is 2. The highest BCUT2D eigenvalue weighted by atomic mass is 32.2. The molecule has 0 aliphatic rings. The average Bonchev–Trinajstić information content (AvgIpc) is 2.97. The molecule has 4 aromatic carbocycles. The predicted molar refractivity (Wildman–Crippen MR) is 179 cm³/mol. The third-order valence-corrected chi connectivity index (χ3v) is 11.7. The van der Waals surface area contributed by atoms with E-state index in [1.165, 1.54) is 72.8 Å². The summed E-state index contributed by atoms with van der Waals surface area (Å²) < 4.78 is 105. The van der Waals surface area contributed by atoms with Crippen molar-refractivity contribution in [3.8, 4) is 0 Å². The van der Waals surface area contributed by atoms with Crippen LogP contribution in [0.15, 0.2) is 117 Å². The SMILES string of the molecule is CC(=O)NS(=O)(=O)c1ccc(NS(=O)(=O)c2ccc(C)cc2)cc1.CC(=O)NS(=O)(=O)c1ccc(NS(=O)(=O)c2ccc(C)cc2)cc1. The molecule has 2 amide bonds. The van der Waals surface area contributed by atoms with E-state index in [-0.39, 0.29) is 31.0 Å². The Labute approximate surface area is 279 Å². The molecule has 0 saturated heterocycles. The number of rotatable bonds is 10. The minimum Gasteiger partial charge on any atom is -0.280 e. The largest absolute Gasteiger partial charge is 0.280 e. The zero-order chi connectivity index (χ0) is 35.9. The van der Waals surface area contributed by atoms with Gasteiger partial charge in [-0.1, -0.05) is 35.4 Å². The van der Waals surface area contributed by atoms with Crippen LogP contribution in [0.3, 0.4) is 0 Å². The molecule has 0 aromatic heterocycles. The van der Waals surface area contributed by atoms with Crippen molar-refractivity contribution in [1.82, 2.24) is 9.44 Å². The van der Waals surface area contributed by atoms with E-state index in [4.69, 9.17) is 0 Å². The fraction of sp³-hybridized carbons (Fsp3) is 0.133. The maximum Gasteiger partial charge on any atom is 0.264 e. The van der Waals surface area contributed by atoms with Crippen LogP contribution in [0.25, 0.3) is 0 Å². The number of aryl methyl sites for hydroxylation is 2. The maximum absolute atomic E-state index is 12.3. The van der Waals surface area contributed by atoms with Crippen molar-refractivity contribution in [3.05, 3.63) is 108 Å². The minimum atomic E-state index is -3.95. The van der Waals surface area contributed by atoms with E-state index in [1.807, 2.05) is 23.3 Å². The number of sulfonamides is 4. The molecule has 4 aromatic rings. The summed E-state index contributed by atoms with van der Waals surface area (Å²) in [5.41, 5.74) is 2.28. The molecule has 0 atom stereocenters. The number of benzene rings is 4. The van der Waals surface area contributed by atoms with Crippen molar-refractivity contribution in [2.24, 2.45) is 0 Å². The number of carbonyl (C=O) groups excluding carboxylic acids is 2. The third-order valence-electron chi connectivity index (χ3n) is 6.05. The van der Waals surface area contributed by atoms with Gasteiger partial charge in [-0.3, -0.25) is 19.0 Å². The van der Waals surface area contributed by atoms with E-state index in [0.29, 0.717) is 0 Å². The first-order chi connectivity index (χ1) is 22.2. The molecule has 14 nitrogen and oxygen atoms in total. The highest BCUT2D eigenvalue weighted by Crippen LogP contribution is 2.20. The van der Waals surface area contributed by atoms with Gasteiger partial charge >= 0.3 is 0 Å². The molecule has 0 radical (unpaired) electrons. The first-order valence-electron chi connectivity index (χ1n) is 13.7. The van der Waals surface area contributed by atoms with E-state index < -0.39 is 51.9 Å². The standard InChI is InChI=1S/2C15H16N2O5S2/c2*1-11-3-7-14(8-4-11)24(21,22)17-13-5-9-15(10-6-13)23(19,20)16-12(2)18/h2*3-10,17H,1-2H3,(H,16,18). The molecular weight excluding hydrogens is 705 g/mol. The van der Waals surface area contributed by atoms with Crippen LogP contribution in [-0.4, -0.2) is 45.5 Å². The molecule has 0 fully saturated rings. The molecule has 0 spiro atoms. The maximum atomic E-state index is 12.3. The van der Waals surface area contributed by atoms with Crippen LogP contribution in [0.2, 0.25) is 0 Å². The number of hydrogen-bond acceptors (Lipinski definition) is 10. The number of nitrogens with one attached hydrogen (secondary N) is 4. The van der Waals surface area contributed by atoms with Crippen molar-refractivity contribution >= 4 is 63.3 Å². The van der Waals surface area contributed by atoms with Crippen LogP contribution in [0.5, 0.6) is 0 Å². The summed E-state index contributed by atoms with van der Waals surface area (Å²) in [6, 6.07) is 22.7. The van der Waals surface area contributed by atoms with E-state index in [1.54, 1.807) is 24.3 Å². The highest BCUT2D eigenvalue weighted by Gasteiger charge is 2.19. The molecular formula is C30H32N4O10S4. The smallest absolute Gasteiger partial charge is 0.264 e. The third kappa shape index (κ3) is 10.6. The summed E-state index contributed by atoms with van der Waals surface area (Å²) in [7, 11) is -15.4. The molecule has 0 aliphatic heterocycles. The van der Waals surface area contributed by atoms with Crippen LogP contribution in [0, 0.1) is 13.8 Å². The normalized spacial score (nSPS) is 11.8. The van der Waals surface area contributed by atoms with Gasteiger partial charge in [0.25, 0.3) is 40.1 Å². The Morgan fingerprint density at radius 1 is 0.396 bits per heavy atom. The van der Waals surface area contributed by atoms with E-state index in [2.05, 4.69) is 9.44 Å². The fourth-order valence-electron chi connectivity index (χ4n) is 3.76. The zero-order valence-electron chi connectivity index (χ0n) is 26.0. The van der Waals surface area contributed by atoms with Crippen molar-refractivity contribution in [3.63, 3.8) is 0 Å². The van der Waals surface area contributed by atoms with Gasteiger partial charge in [0.05, 0.1) is 19.6 Å². The molecule has 4 rings (SSSR count). The molecule has 18 heteroatoms. The summed E-state index contributed by atoms with van der Waals surface area (Å²) in [6.45, 7) is 5.86. The van der Waals surface area contributed by atoms with Crippen molar-refractivity contribution in [2.45, 2.75) is 47.3 Å². The first kappa shape index (κ1) is 37.7. The number of hydrogen-bond donors (Lipinski definition) is 4. The summed E-state index contributed by atoms with van der Waals surface area (Å²) in [4.78, 5) is 21.7. The topological polar surface area (TPSA) is 219 Å². The van der Waals surface area contributed by atoms with Crippen LogP contribution in [-0.2, 0) is 49.7 Å². The lowest BCUT2D eigenvalue weighted by atomic mass is 10.2. The predicted octanol–water partition coefficient (Wildman–Crippen LogP) is 3.24. The molecule has 0 aliphatic carbocycles. The molecule has 4 N–H and O–H groups in total. The Morgan fingerprint density at radius 3 is 0.875 bits per heavy atom. The van der Waals surface area contributed by atoms with Crippen LogP contribution in [0.1, 0.15) is 25.0 Å². The van der Waals surface area contributed by atoms with Gasteiger partial charge in [0, 0.05) is 25.2 Å². The summed E-state index contributed by atoms with van der Waals surface area (Å²) in [5, 5.41) is 0. The molecule has 0 unspecified atom stereocenters. The van der Waals surface area contributed by atoms with Gasteiger partial charge < -0.3 is 0 Å².